The lowest BCUT2D eigenvalue weighted by Gasteiger charge is -2.13. The van der Waals surface area contributed by atoms with E-state index in [9.17, 15) is 10.1 Å². The van der Waals surface area contributed by atoms with Gasteiger partial charge in [0.2, 0.25) is 0 Å². The number of hydrogen-bond acceptors (Lipinski definition) is 5. The third-order valence-electron chi connectivity index (χ3n) is 4.20. The normalized spacial score (nSPS) is 10.3. The molecular weight excluding hydrogens is 342 g/mol. The third kappa shape index (κ3) is 3.67. The van der Waals surface area contributed by atoms with E-state index >= 15 is 0 Å². The maximum atomic E-state index is 11.5. The lowest BCUT2D eigenvalue weighted by molar-refractivity contribution is 0.101. The molecule has 3 aromatic rings. The van der Waals surface area contributed by atoms with E-state index in [1.165, 1.54) is 14.0 Å². The molecule has 1 aromatic heterocycles. The highest BCUT2D eigenvalue weighted by molar-refractivity contribution is 5.94. The van der Waals surface area contributed by atoms with E-state index in [4.69, 9.17) is 9.47 Å². The van der Waals surface area contributed by atoms with E-state index in [-0.39, 0.29) is 12.4 Å². The maximum absolute atomic E-state index is 11.5. The average Bonchev–Trinajstić information content (AvgIpc) is 3.02. The van der Waals surface area contributed by atoms with Crippen molar-refractivity contribution in [3.8, 4) is 23.3 Å². The molecule has 0 saturated heterocycles. The number of carbonyl (C=O) groups is 1. The number of Topliss-reactive ketones (excluding diaryl/α,β-unsaturated/α-hetero) is 1. The van der Waals surface area contributed by atoms with Gasteiger partial charge in [-0.05, 0) is 44.2 Å². The molecule has 0 bridgehead atoms. The van der Waals surface area contributed by atoms with Crippen LogP contribution in [0, 0.1) is 18.3 Å². The molecule has 0 amide bonds. The fraction of sp³-hybridized carbons (Fsp3) is 0.190. The Labute approximate surface area is 157 Å². The van der Waals surface area contributed by atoms with Gasteiger partial charge in [0, 0.05) is 5.56 Å². The number of ether oxygens (including phenoxy) is 2. The molecule has 27 heavy (non-hydrogen) atoms. The van der Waals surface area contributed by atoms with Gasteiger partial charge in [-0.3, -0.25) is 4.79 Å². The summed E-state index contributed by atoms with van der Waals surface area (Å²) in [5.74, 6) is 0.901. The summed E-state index contributed by atoms with van der Waals surface area (Å²) in [7, 11) is 1.52. The Hall–Kier alpha value is -3.59. The van der Waals surface area contributed by atoms with Gasteiger partial charge < -0.3 is 9.47 Å². The van der Waals surface area contributed by atoms with E-state index in [0.29, 0.717) is 34.0 Å². The first-order valence-corrected chi connectivity index (χ1v) is 8.41. The number of nitrogens with zero attached hydrogens (tertiary/aromatic N) is 3. The zero-order valence-electron chi connectivity index (χ0n) is 15.4. The summed E-state index contributed by atoms with van der Waals surface area (Å²) < 4.78 is 13.0. The Morgan fingerprint density at radius 2 is 1.93 bits per heavy atom. The minimum atomic E-state index is -0.0515. The van der Waals surface area contributed by atoms with Crippen LogP contribution in [-0.4, -0.2) is 22.7 Å². The molecule has 0 atom stereocenters. The van der Waals surface area contributed by atoms with Crippen LogP contribution < -0.4 is 9.47 Å². The van der Waals surface area contributed by atoms with Crippen molar-refractivity contribution in [1.82, 2.24) is 9.78 Å². The zero-order valence-corrected chi connectivity index (χ0v) is 15.4. The number of benzene rings is 2. The van der Waals surface area contributed by atoms with Crippen LogP contribution in [0.3, 0.4) is 0 Å². The molecule has 0 saturated carbocycles. The molecule has 2 aromatic carbocycles. The first kappa shape index (κ1) is 18.2. The van der Waals surface area contributed by atoms with Gasteiger partial charge in [0.15, 0.2) is 17.3 Å². The Morgan fingerprint density at radius 3 is 2.56 bits per heavy atom. The summed E-state index contributed by atoms with van der Waals surface area (Å²) in [6.45, 7) is 3.42. The van der Waals surface area contributed by atoms with E-state index < -0.39 is 0 Å². The van der Waals surface area contributed by atoms with Gasteiger partial charge in [-0.1, -0.05) is 18.2 Å². The topological polar surface area (TPSA) is 77.1 Å². The number of rotatable bonds is 6. The summed E-state index contributed by atoms with van der Waals surface area (Å²) in [5.41, 5.74) is 3.16. The lowest BCUT2D eigenvalue weighted by atomic mass is 10.1. The van der Waals surface area contributed by atoms with Crippen molar-refractivity contribution in [2.45, 2.75) is 20.5 Å². The van der Waals surface area contributed by atoms with Crippen LogP contribution in [0.5, 0.6) is 11.5 Å². The zero-order chi connectivity index (χ0) is 19.4. The Balaban J connectivity index is 1.95. The average molecular weight is 361 g/mol. The molecule has 6 heteroatoms. The number of aryl methyl sites for hydroxylation is 1. The molecule has 3 rings (SSSR count). The SMILES string of the molecule is COc1cc(C(C)=O)ccc1OCc1c(C#N)c(C)nn1-c1ccccc1. The second kappa shape index (κ2) is 7.75. The van der Waals surface area contributed by atoms with Crippen molar-refractivity contribution in [2.75, 3.05) is 7.11 Å². The fourth-order valence-electron chi connectivity index (χ4n) is 2.79. The summed E-state index contributed by atoms with van der Waals surface area (Å²) in [6, 6.07) is 16.8. The van der Waals surface area contributed by atoms with Crippen molar-refractivity contribution in [1.29, 1.82) is 5.26 Å². The molecule has 136 valence electrons. The van der Waals surface area contributed by atoms with Crippen LogP contribution in [0.4, 0.5) is 0 Å². The maximum Gasteiger partial charge on any atom is 0.161 e. The Kier molecular flexibility index (Phi) is 5.23. The van der Waals surface area contributed by atoms with Crippen LogP contribution in [0.25, 0.3) is 5.69 Å². The first-order valence-electron chi connectivity index (χ1n) is 8.41. The molecule has 0 aliphatic rings. The molecule has 0 spiro atoms. The molecular formula is C21H19N3O3. The summed E-state index contributed by atoms with van der Waals surface area (Å²) in [4.78, 5) is 11.5. The van der Waals surface area contributed by atoms with Crippen LogP contribution >= 0.6 is 0 Å². The number of para-hydroxylation sites is 1. The number of nitriles is 1. The molecule has 0 radical (unpaired) electrons. The molecule has 0 aliphatic carbocycles. The highest BCUT2D eigenvalue weighted by Gasteiger charge is 2.18. The third-order valence-corrected chi connectivity index (χ3v) is 4.20. The van der Waals surface area contributed by atoms with E-state index in [0.717, 1.165) is 5.69 Å². The van der Waals surface area contributed by atoms with Gasteiger partial charge in [0.25, 0.3) is 0 Å². The predicted molar refractivity (Wildman–Crippen MR) is 100 cm³/mol. The fourth-order valence-corrected chi connectivity index (χ4v) is 2.79. The second-order valence-electron chi connectivity index (χ2n) is 5.98. The number of aromatic nitrogens is 2. The van der Waals surface area contributed by atoms with Crippen LogP contribution in [-0.2, 0) is 6.61 Å². The monoisotopic (exact) mass is 361 g/mol. The standard InChI is InChI=1S/C21H19N3O3/c1-14-18(12-22)19(24(23-14)17-7-5-4-6-8-17)13-27-20-10-9-16(15(2)25)11-21(20)26-3/h4-11H,13H2,1-3H3. The van der Waals surface area contributed by atoms with Gasteiger partial charge in [0.1, 0.15) is 18.2 Å². The number of hydrogen-bond donors (Lipinski definition) is 0. The van der Waals surface area contributed by atoms with Crippen LogP contribution in [0.15, 0.2) is 48.5 Å². The first-order chi connectivity index (χ1) is 13.0. The van der Waals surface area contributed by atoms with Gasteiger partial charge in [0.05, 0.1) is 24.2 Å². The Morgan fingerprint density at radius 1 is 1.19 bits per heavy atom. The second-order valence-corrected chi connectivity index (χ2v) is 5.98. The molecule has 0 N–H and O–H groups in total. The summed E-state index contributed by atoms with van der Waals surface area (Å²) >= 11 is 0. The lowest BCUT2D eigenvalue weighted by Crippen LogP contribution is -2.07. The van der Waals surface area contributed by atoms with Gasteiger partial charge >= 0.3 is 0 Å². The molecule has 0 fully saturated rings. The van der Waals surface area contributed by atoms with Crippen molar-refractivity contribution in [2.24, 2.45) is 0 Å². The molecule has 0 unspecified atom stereocenters. The van der Waals surface area contributed by atoms with E-state index in [1.807, 2.05) is 30.3 Å². The summed E-state index contributed by atoms with van der Waals surface area (Å²) in [5, 5.41) is 14.0. The molecule has 1 heterocycles. The highest BCUT2D eigenvalue weighted by Crippen LogP contribution is 2.30. The smallest absolute Gasteiger partial charge is 0.161 e. The van der Waals surface area contributed by atoms with Gasteiger partial charge in [-0.15, -0.1) is 0 Å². The van der Waals surface area contributed by atoms with Crippen molar-refractivity contribution >= 4 is 5.78 Å². The number of methoxy groups -OCH3 is 1. The Bertz CT molecular complexity index is 1020. The summed E-state index contributed by atoms with van der Waals surface area (Å²) in [6.07, 6.45) is 0. The van der Waals surface area contributed by atoms with Crippen LogP contribution in [0.2, 0.25) is 0 Å². The molecule has 0 aliphatic heterocycles. The van der Waals surface area contributed by atoms with Crippen LogP contribution in [0.1, 0.15) is 34.2 Å². The van der Waals surface area contributed by atoms with Crippen molar-refractivity contribution < 1.29 is 14.3 Å². The quantitative estimate of drug-likeness (QED) is 0.623. The number of carbonyl (C=O) groups excluding carboxylic acids is 1. The minimum Gasteiger partial charge on any atom is -0.493 e. The van der Waals surface area contributed by atoms with E-state index in [2.05, 4.69) is 11.2 Å². The largest absolute Gasteiger partial charge is 0.493 e. The van der Waals surface area contributed by atoms with Gasteiger partial charge in [-0.25, -0.2) is 4.68 Å². The van der Waals surface area contributed by atoms with Crippen molar-refractivity contribution in [3.63, 3.8) is 0 Å². The highest BCUT2D eigenvalue weighted by atomic mass is 16.5. The predicted octanol–water partition coefficient (Wildman–Crippen LogP) is 3.84. The molecule has 6 nitrogen and oxygen atoms in total. The van der Waals surface area contributed by atoms with E-state index in [1.54, 1.807) is 29.8 Å². The van der Waals surface area contributed by atoms with Crippen molar-refractivity contribution in [3.05, 3.63) is 71.0 Å². The van der Waals surface area contributed by atoms with Gasteiger partial charge in [-0.2, -0.15) is 10.4 Å². The minimum absolute atomic E-state index is 0.0515. The number of ketones is 1.